The largest absolute Gasteiger partial charge is 0.452 e. The summed E-state index contributed by atoms with van der Waals surface area (Å²) in [5.74, 6) is -1.07. The molecule has 0 spiro atoms. The van der Waals surface area contributed by atoms with Gasteiger partial charge in [-0.1, -0.05) is 17.7 Å². The summed E-state index contributed by atoms with van der Waals surface area (Å²) in [5, 5.41) is 2.60. The summed E-state index contributed by atoms with van der Waals surface area (Å²) in [6, 6.07) is 11.3. The van der Waals surface area contributed by atoms with Gasteiger partial charge in [0.05, 0.1) is 10.5 Å². The summed E-state index contributed by atoms with van der Waals surface area (Å²) in [6.07, 6.45) is 1.74. The van der Waals surface area contributed by atoms with Crippen molar-refractivity contribution in [3.8, 4) is 0 Å². The van der Waals surface area contributed by atoms with Crippen molar-refractivity contribution in [1.82, 2.24) is 4.31 Å². The van der Waals surface area contributed by atoms with Crippen LogP contribution in [-0.4, -0.2) is 44.3 Å². The molecule has 1 saturated heterocycles. The minimum Gasteiger partial charge on any atom is -0.452 e. The number of hydrogen-bond acceptors (Lipinski definition) is 5. The molecule has 154 valence electrons. The van der Waals surface area contributed by atoms with E-state index in [0.29, 0.717) is 24.3 Å². The molecule has 7 nitrogen and oxygen atoms in total. The minimum absolute atomic E-state index is 0.193. The van der Waals surface area contributed by atoms with E-state index in [9.17, 15) is 18.0 Å². The molecule has 1 aliphatic rings. The van der Waals surface area contributed by atoms with Gasteiger partial charge in [0.2, 0.25) is 10.0 Å². The maximum Gasteiger partial charge on any atom is 0.338 e. The first kappa shape index (κ1) is 21.0. The molecular formula is C21H24N2O5S. The number of rotatable bonds is 6. The Morgan fingerprint density at radius 3 is 2.31 bits per heavy atom. The van der Waals surface area contributed by atoms with Gasteiger partial charge in [0, 0.05) is 18.8 Å². The van der Waals surface area contributed by atoms with Gasteiger partial charge in [-0.25, -0.2) is 13.2 Å². The number of hydrogen-bond donors (Lipinski definition) is 1. The number of nitrogens with zero attached hydrogens (tertiary/aromatic N) is 1. The first-order chi connectivity index (χ1) is 13.8. The van der Waals surface area contributed by atoms with Crippen molar-refractivity contribution in [2.24, 2.45) is 0 Å². The van der Waals surface area contributed by atoms with Gasteiger partial charge in [0.15, 0.2) is 6.61 Å². The second-order valence-electron chi connectivity index (χ2n) is 7.08. The number of amides is 1. The number of esters is 1. The van der Waals surface area contributed by atoms with Crippen molar-refractivity contribution in [2.45, 2.75) is 31.6 Å². The van der Waals surface area contributed by atoms with E-state index in [0.717, 1.165) is 24.0 Å². The molecule has 0 saturated carbocycles. The van der Waals surface area contributed by atoms with Crippen LogP contribution < -0.4 is 5.32 Å². The number of nitrogens with one attached hydrogen (secondary N) is 1. The van der Waals surface area contributed by atoms with Crippen LogP contribution in [0.4, 0.5) is 5.69 Å². The average molecular weight is 416 g/mol. The fraction of sp³-hybridized carbons (Fsp3) is 0.333. The molecule has 2 aromatic carbocycles. The van der Waals surface area contributed by atoms with E-state index in [4.69, 9.17) is 4.74 Å². The van der Waals surface area contributed by atoms with E-state index in [1.54, 1.807) is 19.1 Å². The van der Waals surface area contributed by atoms with Crippen molar-refractivity contribution in [3.63, 3.8) is 0 Å². The van der Waals surface area contributed by atoms with Gasteiger partial charge in [-0.05, 0) is 62.6 Å². The van der Waals surface area contributed by atoms with Gasteiger partial charge in [-0.2, -0.15) is 4.31 Å². The Kier molecular flexibility index (Phi) is 6.34. The van der Waals surface area contributed by atoms with Gasteiger partial charge in [0.1, 0.15) is 0 Å². The number of carbonyl (C=O) groups is 2. The third-order valence-corrected chi connectivity index (χ3v) is 6.69. The summed E-state index contributed by atoms with van der Waals surface area (Å²) in [4.78, 5) is 24.4. The van der Waals surface area contributed by atoms with Crippen LogP contribution in [0.3, 0.4) is 0 Å². The van der Waals surface area contributed by atoms with Crippen molar-refractivity contribution < 1.29 is 22.7 Å². The van der Waals surface area contributed by atoms with Crippen molar-refractivity contribution in [2.75, 3.05) is 25.0 Å². The van der Waals surface area contributed by atoms with E-state index in [2.05, 4.69) is 5.32 Å². The lowest BCUT2D eigenvalue weighted by atomic mass is 10.1. The molecule has 0 unspecified atom stereocenters. The molecule has 1 amide bonds. The highest BCUT2D eigenvalue weighted by molar-refractivity contribution is 7.89. The lowest BCUT2D eigenvalue weighted by molar-refractivity contribution is -0.119. The monoisotopic (exact) mass is 416 g/mol. The zero-order chi connectivity index (χ0) is 21.0. The molecule has 3 rings (SSSR count). The molecule has 2 aromatic rings. The molecule has 1 fully saturated rings. The Morgan fingerprint density at radius 1 is 1.03 bits per heavy atom. The number of carbonyl (C=O) groups excluding carboxylic acids is 2. The molecule has 0 bridgehead atoms. The fourth-order valence-corrected chi connectivity index (χ4v) is 4.75. The van der Waals surface area contributed by atoms with Crippen molar-refractivity contribution in [1.29, 1.82) is 0 Å². The zero-order valence-corrected chi connectivity index (χ0v) is 17.3. The maximum atomic E-state index is 12.5. The first-order valence-electron chi connectivity index (χ1n) is 9.42. The predicted molar refractivity (Wildman–Crippen MR) is 109 cm³/mol. The van der Waals surface area contributed by atoms with Gasteiger partial charge >= 0.3 is 5.97 Å². The lowest BCUT2D eigenvalue weighted by Gasteiger charge is -2.15. The Labute approximate surface area is 170 Å². The highest BCUT2D eigenvalue weighted by Crippen LogP contribution is 2.22. The minimum atomic E-state index is -3.49. The number of sulfonamides is 1. The third-order valence-electron chi connectivity index (χ3n) is 4.78. The molecule has 0 atom stereocenters. The number of ether oxygens (including phenoxy) is 1. The van der Waals surface area contributed by atoms with Crippen LogP contribution in [-0.2, 0) is 19.6 Å². The Hall–Kier alpha value is -2.71. The summed E-state index contributed by atoms with van der Waals surface area (Å²) in [6.45, 7) is 4.37. The number of anilines is 1. The lowest BCUT2D eigenvalue weighted by Crippen LogP contribution is -2.27. The highest BCUT2D eigenvalue weighted by atomic mass is 32.2. The van der Waals surface area contributed by atoms with Crippen LogP contribution >= 0.6 is 0 Å². The maximum absolute atomic E-state index is 12.5. The molecule has 1 N–H and O–H groups in total. The van der Waals surface area contributed by atoms with Gasteiger partial charge in [-0.3, -0.25) is 4.79 Å². The second kappa shape index (κ2) is 8.75. The molecule has 0 aromatic heterocycles. The second-order valence-corrected chi connectivity index (χ2v) is 9.02. The zero-order valence-electron chi connectivity index (χ0n) is 16.5. The van der Waals surface area contributed by atoms with Crippen LogP contribution in [0.1, 0.15) is 34.3 Å². The van der Waals surface area contributed by atoms with Gasteiger partial charge in [0.25, 0.3) is 5.91 Å². The van der Waals surface area contributed by atoms with Crippen LogP contribution in [0, 0.1) is 13.8 Å². The molecular weight excluding hydrogens is 392 g/mol. The molecule has 8 heteroatoms. The van der Waals surface area contributed by atoms with E-state index < -0.39 is 28.5 Å². The SMILES string of the molecule is Cc1ccc(C(=O)OCC(=O)Nc2ccc(S(=O)(=O)N3CCCC3)cc2)c(C)c1. The molecule has 1 heterocycles. The standard InChI is InChI=1S/C21H24N2O5S/c1-15-5-10-19(16(2)13-15)21(25)28-14-20(24)22-17-6-8-18(9-7-17)29(26,27)23-11-3-4-12-23/h5-10,13H,3-4,11-12,14H2,1-2H3,(H,22,24). The predicted octanol–water partition coefficient (Wildman–Crippen LogP) is 2.88. The van der Waals surface area contributed by atoms with Crippen LogP contribution in [0.5, 0.6) is 0 Å². The van der Waals surface area contributed by atoms with E-state index in [-0.39, 0.29) is 4.90 Å². The Balaban J connectivity index is 1.56. The average Bonchev–Trinajstić information content (AvgIpc) is 3.22. The summed E-state index contributed by atoms with van der Waals surface area (Å²) >= 11 is 0. The van der Waals surface area contributed by atoms with Crippen molar-refractivity contribution in [3.05, 3.63) is 59.2 Å². The molecule has 1 aliphatic heterocycles. The van der Waals surface area contributed by atoms with Gasteiger partial charge < -0.3 is 10.1 Å². The quantitative estimate of drug-likeness (QED) is 0.731. The van der Waals surface area contributed by atoms with E-state index >= 15 is 0 Å². The third kappa shape index (κ3) is 5.02. The van der Waals surface area contributed by atoms with Crippen LogP contribution in [0.15, 0.2) is 47.4 Å². The van der Waals surface area contributed by atoms with E-state index in [1.165, 1.54) is 28.6 Å². The molecule has 0 aliphatic carbocycles. The summed E-state index contributed by atoms with van der Waals surface area (Å²) < 4.78 is 31.6. The van der Waals surface area contributed by atoms with Crippen LogP contribution in [0.2, 0.25) is 0 Å². The summed E-state index contributed by atoms with van der Waals surface area (Å²) in [5.41, 5.74) is 2.66. The Morgan fingerprint density at radius 2 is 1.69 bits per heavy atom. The number of benzene rings is 2. The normalized spacial score (nSPS) is 14.6. The van der Waals surface area contributed by atoms with E-state index in [1.807, 2.05) is 13.0 Å². The molecule has 0 radical (unpaired) electrons. The van der Waals surface area contributed by atoms with Crippen LogP contribution in [0.25, 0.3) is 0 Å². The Bertz CT molecular complexity index is 1010. The first-order valence-corrected chi connectivity index (χ1v) is 10.9. The number of aryl methyl sites for hydroxylation is 2. The summed E-state index contributed by atoms with van der Waals surface area (Å²) in [7, 11) is -3.49. The fourth-order valence-electron chi connectivity index (χ4n) is 3.24. The molecule has 29 heavy (non-hydrogen) atoms. The highest BCUT2D eigenvalue weighted by Gasteiger charge is 2.26. The van der Waals surface area contributed by atoms with Gasteiger partial charge in [-0.15, -0.1) is 0 Å². The van der Waals surface area contributed by atoms with Crippen molar-refractivity contribution >= 4 is 27.6 Å². The topological polar surface area (TPSA) is 92.8 Å². The smallest absolute Gasteiger partial charge is 0.338 e.